The van der Waals surface area contributed by atoms with E-state index < -0.39 is 12.0 Å². The molecule has 104 valence electrons. The van der Waals surface area contributed by atoms with Gasteiger partial charge in [-0.15, -0.1) is 0 Å². The number of amides is 1. The number of hydrogen-bond acceptors (Lipinski definition) is 4. The fourth-order valence-corrected chi connectivity index (χ4v) is 2.07. The second-order valence-electron chi connectivity index (χ2n) is 3.81. The van der Waals surface area contributed by atoms with E-state index in [-0.39, 0.29) is 18.9 Å². The van der Waals surface area contributed by atoms with Crippen molar-refractivity contribution in [2.45, 2.75) is 12.5 Å². The number of rotatable bonds is 5. The van der Waals surface area contributed by atoms with E-state index in [4.69, 9.17) is 28.9 Å². The number of esters is 1. The van der Waals surface area contributed by atoms with Gasteiger partial charge >= 0.3 is 5.97 Å². The summed E-state index contributed by atoms with van der Waals surface area (Å²) >= 11 is 11.8. The molecule has 19 heavy (non-hydrogen) atoms. The quantitative estimate of drug-likeness (QED) is 0.811. The van der Waals surface area contributed by atoms with Crippen molar-refractivity contribution < 1.29 is 14.3 Å². The fraction of sp³-hybridized carbons (Fsp3) is 0.333. The molecule has 0 saturated heterocycles. The molecule has 0 aliphatic carbocycles. The van der Waals surface area contributed by atoms with Crippen LogP contribution in [0.15, 0.2) is 18.2 Å². The highest BCUT2D eigenvalue weighted by Crippen LogP contribution is 2.25. The highest BCUT2D eigenvalue weighted by Gasteiger charge is 2.19. The minimum absolute atomic E-state index is 0.0289. The van der Waals surface area contributed by atoms with E-state index in [0.717, 1.165) is 0 Å². The number of halogens is 2. The first-order valence-corrected chi connectivity index (χ1v) is 6.24. The minimum atomic E-state index is -0.584. The molecular formula is C12H14Cl2N2O3. The number of nitrogens with one attached hydrogen (secondary N) is 1. The van der Waals surface area contributed by atoms with Gasteiger partial charge in [-0.3, -0.25) is 9.59 Å². The molecule has 5 nitrogen and oxygen atoms in total. The van der Waals surface area contributed by atoms with Crippen molar-refractivity contribution in [1.29, 1.82) is 0 Å². The third-order valence-electron chi connectivity index (χ3n) is 2.41. The van der Waals surface area contributed by atoms with Crippen LogP contribution in [0.5, 0.6) is 0 Å². The molecule has 0 aliphatic rings. The monoisotopic (exact) mass is 304 g/mol. The van der Waals surface area contributed by atoms with E-state index in [1.807, 2.05) is 0 Å². The molecule has 1 amide bonds. The number of carbonyl (C=O) groups excluding carboxylic acids is 2. The predicted octanol–water partition coefficient (Wildman–Crippen LogP) is 1.67. The number of methoxy groups -OCH3 is 1. The van der Waals surface area contributed by atoms with Crippen molar-refractivity contribution in [2.75, 3.05) is 13.7 Å². The zero-order valence-corrected chi connectivity index (χ0v) is 11.8. The summed E-state index contributed by atoms with van der Waals surface area (Å²) < 4.78 is 4.59. The van der Waals surface area contributed by atoms with Crippen LogP contribution in [0.1, 0.15) is 18.0 Å². The normalized spacial score (nSPS) is 11.8. The average molecular weight is 305 g/mol. The lowest BCUT2D eigenvalue weighted by Crippen LogP contribution is -2.35. The van der Waals surface area contributed by atoms with Crippen LogP contribution in [0.3, 0.4) is 0 Å². The molecule has 0 fully saturated rings. The third kappa shape index (κ3) is 5.06. The van der Waals surface area contributed by atoms with Gasteiger partial charge in [0.2, 0.25) is 5.91 Å². The van der Waals surface area contributed by atoms with Gasteiger partial charge in [0, 0.05) is 10.0 Å². The van der Waals surface area contributed by atoms with Crippen molar-refractivity contribution in [3.8, 4) is 0 Å². The van der Waals surface area contributed by atoms with E-state index in [1.54, 1.807) is 18.2 Å². The summed E-state index contributed by atoms with van der Waals surface area (Å²) in [5, 5.41) is 3.45. The Morgan fingerprint density at radius 2 is 1.89 bits per heavy atom. The van der Waals surface area contributed by atoms with Crippen LogP contribution in [0.2, 0.25) is 10.0 Å². The highest BCUT2D eigenvalue weighted by atomic mass is 35.5. The van der Waals surface area contributed by atoms with Crippen LogP contribution < -0.4 is 11.1 Å². The van der Waals surface area contributed by atoms with Gasteiger partial charge < -0.3 is 15.8 Å². The smallest absolute Gasteiger partial charge is 0.307 e. The first-order chi connectivity index (χ1) is 8.96. The van der Waals surface area contributed by atoms with Crippen LogP contribution in [0.25, 0.3) is 0 Å². The van der Waals surface area contributed by atoms with Crippen LogP contribution in [0.4, 0.5) is 0 Å². The van der Waals surface area contributed by atoms with Crippen LogP contribution >= 0.6 is 23.2 Å². The molecule has 0 heterocycles. The molecule has 0 aliphatic heterocycles. The lowest BCUT2D eigenvalue weighted by atomic mass is 10.0. The lowest BCUT2D eigenvalue weighted by Gasteiger charge is -2.18. The Balaban J connectivity index is 2.99. The van der Waals surface area contributed by atoms with Gasteiger partial charge in [0.25, 0.3) is 0 Å². The van der Waals surface area contributed by atoms with E-state index in [9.17, 15) is 9.59 Å². The Labute approximate surface area is 121 Å². The predicted molar refractivity (Wildman–Crippen MR) is 73.0 cm³/mol. The van der Waals surface area contributed by atoms with E-state index in [0.29, 0.717) is 15.6 Å². The fourth-order valence-electron chi connectivity index (χ4n) is 1.53. The van der Waals surface area contributed by atoms with E-state index in [2.05, 4.69) is 10.1 Å². The third-order valence-corrected chi connectivity index (χ3v) is 2.84. The molecule has 1 rings (SSSR count). The Hall–Kier alpha value is -1.30. The van der Waals surface area contributed by atoms with Crippen LogP contribution in [-0.4, -0.2) is 25.5 Å². The summed E-state index contributed by atoms with van der Waals surface area (Å²) in [6, 6.07) is 4.22. The molecule has 1 atom stereocenters. The maximum Gasteiger partial charge on any atom is 0.307 e. The largest absolute Gasteiger partial charge is 0.469 e. The van der Waals surface area contributed by atoms with Gasteiger partial charge in [-0.25, -0.2) is 0 Å². The molecule has 3 N–H and O–H groups in total. The summed E-state index contributed by atoms with van der Waals surface area (Å²) in [6.45, 7) is -0.175. The van der Waals surface area contributed by atoms with Gasteiger partial charge in [-0.1, -0.05) is 23.2 Å². The molecule has 0 saturated carbocycles. The standard InChI is InChI=1S/C12H14Cl2N2O3/c1-19-12(18)5-10(16-11(17)6-15)7-2-8(13)4-9(14)3-7/h2-4,10H,5-6,15H2,1H3,(H,16,17). The van der Waals surface area contributed by atoms with Gasteiger partial charge in [0.15, 0.2) is 0 Å². The van der Waals surface area contributed by atoms with Crippen LogP contribution in [-0.2, 0) is 14.3 Å². The Morgan fingerprint density at radius 3 is 2.37 bits per heavy atom. The van der Waals surface area contributed by atoms with E-state index in [1.165, 1.54) is 7.11 Å². The van der Waals surface area contributed by atoms with E-state index >= 15 is 0 Å². The molecular weight excluding hydrogens is 291 g/mol. The number of nitrogens with two attached hydrogens (primary N) is 1. The molecule has 1 aromatic carbocycles. The van der Waals surface area contributed by atoms with Crippen molar-refractivity contribution >= 4 is 35.1 Å². The lowest BCUT2D eigenvalue weighted by molar-refractivity contribution is -0.141. The van der Waals surface area contributed by atoms with Crippen LogP contribution in [0, 0.1) is 0 Å². The number of hydrogen-bond donors (Lipinski definition) is 2. The Kier molecular flexibility index (Phi) is 6.08. The van der Waals surface area contributed by atoms with Gasteiger partial charge in [0.05, 0.1) is 26.1 Å². The maximum atomic E-state index is 11.4. The van der Waals surface area contributed by atoms with Crippen molar-refractivity contribution in [3.63, 3.8) is 0 Å². The summed E-state index contributed by atoms with van der Waals surface area (Å²) in [7, 11) is 1.27. The van der Waals surface area contributed by atoms with Gasteiger partial charge in [-0.05, 0) is 23.8 Å². The maximum absolute atomic E-state index is 11.4. The summed E-state index contributed by atoms with van der Waals surface area (Å²) in [5.74, 6) is -0.844. The highest BCUT2D eigenvalue weighted by molar-refractivity contribution is 6.34. The van der Waals surface area contributed by atoms with Gasteiger partial charge in [-0.2, -0.15) is 0 Å². The number of benzene rings is 1. The minimum Gasteiger partial charge on any atom is -0.469 e. The van der Waals surface area contributed by atoms with Gasteiger partial charge in [0.1, 0.15) is 0 Å². The zero-order chi connectivity index (χ0) is 14.4. The SMILES string of the molecule is COC(=O)CC(NC(=O)CN)c1cc(Cl)cc(Cl)c1. The summed E-state index contributed by atoms with van der Waals surface area (Å²) in [4.78, 5) is 22.7. The number of carbonyl (C=O) groups is 2. The Morgan fingerprint density at radius 1 is 1.32 bits per heavy atom. The molecule has 0 aromatic heterocycles. The van der Waals surface area contributed by atoms with Crippen molar-refractivity contribution in [1.82, 2.24) is 5.32 Å². The van der Waals surface area contributed by atoms with Crippen molar-refractivity contribution in [2.24, 2.45) is 5.73 Å². The Bertz CT molecular complexity index is 442. The molecule has 7 heteroatoms. The first-order valence-electron chi connectivity index (χ1n) is 5.48. The summed E-state index contributed by atoms with van der Waals surface area (Å²) in [5.41, 5.74) is 5.86. The topological polar surface area (TPSA) is 81.4 Å². The molecule has 1 unspecified atom stereocenters. The first kappa shape index (κ1) is 15.8. The zero-order valence-electron chi connectivity index (χ0n) is 10.3. The second kappa shape index (κ2) is 7.33. The molecule has 0 spiro atoms. The summed E-state index contributed by atoms with van der Waals surface area (Å²) in [6.07, 6.45) is -0.0289. The second-order valence-corrected chi connectivity index (χ2v) is 4.68. The molecule has 0 bridgehead atoms. The molecule has 0 radical (unpaired) electrons. The number of ether oxygens (including phenoxy) is 1. The average Bonchev–Trinajstić information content (AvgIpc) is 2.36. The molecule has 1 aromatic rings. The van der Waals surface area contributed by atoms with Crippen molar-refractivity contribution in [3.05, 3.63) is 33.8 Å².